The Morgan fingerprint density at radius 3 is 2.35 bits per heavy atom. The molecule has 26 heavy (non-hydrogen) atoms. The first-order chi connectivity index (χ1) is 12.3. The lowest BCUT2D eigenvalue weighted by Crippen LogP contribution is -2.22. The van der Waals surface area contributed by atoms with Gasteiger partial charge in [0.05, 0.1) is 16.8 Å². The number of nitrogens with zero attached hydrogens (tertiary/aromatic N) is 1. The van der Waals surface area contributed by atoms with E-state index in [0.29, 0.717) is 31.7 Å². The van der Waals surface area contributed by atoms with Crippen molar-refractivity contribution in [3.05, 3.63) is 47.9 Å². The number of Topliss-reactive ketones (excluding diaryl/α,β-unsaturated/α-hetero) is 1. The number of carbonyl (C=O) groups is 1. The standard InChI is InChI=1S/C18H16F3NO3S/c19-12-7-17(21)18(22-9-12)15-6-5-14(8-16(15)20)26(24,25)10-11-1-3-13(23)4-2-11/h5-9,11H,1-4,10H2. The van der Waals surface area contributed by atoms with Crippen LogP contribution in [0.3, 0.4) is 0 Å². The number of halogens is 3. The van der Waals surface area contributed by atoms with Crippen molar-refractivity contribution in [1.29, 1.82) is 0 Å². The first-order valence-electron chi connectivity index (χ1n) is 8.11. The van der Waals surface area contributed by atoms with Crippen LogP contribution in [0.25, 0.3) is 11.3 Å². The van der Waals surface area contributed by atoms with Crippen molar-refractivity contribution in [3.63, 3.8) is 0 Å². The molecule has 4 nitrogen and oxygen atoms in total. The SMILES string of the molecule is O=C1CCC(CS(=O)(=O)c2ccc(-c3ncc(F)cc3F)c(F)c2)CC1. The second-order valence-electron chi connectivity index (χ2n) is 6.39. The van der Waals surface area contributed by atoms with Gasteiger partial charge in [-0.1, -0.05) is 0 Å². The number of ketones is 1. The Hall–Kier alpha value is -2.22. The number of sulfone groups is 1. The molecule has 1 saturated carbocycles. The molecule has 138 valence electrons. The molecular formula is C18H16F3NO3S. The van der Waals surface area contributed by atoms with Crippen LogP contribution < -0.4 is 0 Å². The highest BCUT2D eigenvalue weighted by atomic mass is 32.2. The van der Waals surface area contributed by atoms with Crippen molar-refractivity contribution < 1.29 is 26.4 Å². The van der Waals surface area contributed by atoms with E-state index in [1.165, 1.54) is 6.07 Å². The van der Waals surface area contributed by atoms with Crippen LogP contribution in [0.15, 0.2) is 35.4 Å². The van der Waals surface area contributed by atoms with Crippen LogP contribution in [0.2, 0.25) is 0 Å². The fraction of sp³-hybridized carbons (Fsp3) is 0.333. The first-order valence-corrected chi connectivity index (χ1v) is 9.77. The predicted molar refractivity (Wildman–Crippen MR) is 88.6 cm³/mol. The van der Waals surface area contributed by atoms with Gasteiger partial charge in [0.15, 0.2) is 15.7 Å². The van der Waals surface area contributed by atoms with E-state index in [0.717, 1.165) is 18.3 Å². The van der Waals surface area contributed by atoms with E-state index < -0.39 is 33.0 Å². The van der Waals surface area contributed by atoms with Crippen molar-refractivity contribution in [2.45, 2.75) is 30.6 Å². The Bertz CT molecular complexity index is 950. The van der Waals surface area contributed by atoms with E-state index in [1.807, 2.05) is 0 Å². The number of hydrogen-bond acceptors (Lipinski definition) is 4. The zero-order chi connectivity index (χ0) is 18.9. The molecule has 1 aromatic carbocycles. The third kappa shape index (κ3) is 3.95. The van der Waals surface area contributed by atoms with Crippen molar-refractivity contribution in [2.75, 3.05) is 5.75 Å². The number of rotatable bonds is 4. The molecule has 0 saturated heterocycles. The molecule has 8 heteroatoms. The van der Waals surface area contributed by atoms with E-state index in [9.17, 15) is 26.4 Å². The molecule has 0 radical (unpaired) electrons. The van der Waals surface area contributed by atoms with E-state index in [1.54, 1.807) is 0 Å². The van der Waals surface area contributed by atoms with Gasteiger partial charge in [-0.2, -0.15) is 0 Å². The van der Waals surface area contributed by atoms with Gasteiger partial charge >= 0.3 is 0 Å². The van der Waals surface area contributed by atoms with Crippen LogP contribution >= 0.6 is 0 Å². The largest absolute Gasteiger partial charge is 0.300 e. The van der Waals surface area contributed by atoms with Crippen molar-refractivity contribution >= 4 is 15.6 Å². The van der Waals surface area contributed by atoms with Gasteiger partial charge in [0, 0.05) is 24.5 Å². The maximum absolute atomic E-state index is 14.4. The average molecular weight is 383 g/mol. The highest BCUT2D eigenvalue weighted by Crippen LogP contribution is 2.29. The van der Waals surface area contributed by atoms with Crippen molar-refractivity contribution in [3.8, 4) is 11.3 Å². The first kappa shape index (κ1) is 18.6. The molecule has 1 aliphatic carbocycles. The molecule has 0 atom stereocenters. The Kier molecular flexibility index (Phi) is 5.13. The fourth-order valence-electron chi connectivity index (χ4n) is 3.07. The molecule has 0 spiro atoms. The summed E-state index contributed by atoms with van der Waals surface area (Å²) in [6.45, 7) is 0. The highest BCUT2D eigenvalue weighted by Gasteiger charge is 2.26. The molecule has 1 fully saturated rings. The van der Waals surface area contributed by atoms with E-state index in [-0.39, 0.29) is 27.9 Å². The molecule has 2 aromatic rings. The van der Waals surface area contributed by atoms with Gasteiger partial charge in [-0.3, -0.25) is 9.78 Å². The van der Waals surface area contributed by atoms with Gasteiger partial charge in [0.2, 0.25) is 0 Å². The van der Waals surface area contributed by atoms with Crippen LogP contribution in [0.1, 0.15) is 25.7 Å². The summed E-state index contributed by atoms with van der Waals surface area (Å²) in [5.74, 6) is -3.06. The lowest BCUT2D eigenvalue weighted by molar-refractivity contribution is -0.120. The minimum atomic E-state index is -3.74. The number of pyridine rings is 1. The lowest BCUT2D eigenvalue weighted by Gasteiger charge is -2.20. The van der Waals surface area contributed by atoms with Gasteiger partial charge in [0.1, 0.15) is 23.1 Å². The van der Waals surface area contributed by atoms with E-state index in [2.05, 4.69) is 4.98 Å². The van der Waals surface area contributed by atoms with E-state index in [4.69, 9.17) is 0 Å². The van der Waals surface area contributed by atoms with Gasteiger partial charge in [-0.25, -0.2) is 21.6 Å². The molecule has 0 amide bonds. The van der Waals surface area contributed by atoms with E-state index >= 15 is 0 Å². The van der Waals surface area contributed by atoms with Gasteiger partial charge in [0.25, 0.3) is 0 Å². The molecule has 0 N–H and O–H groups in total. The fourth-order valence-corrected chi connectivity index (χ4v) is 4.77. The summed E-state index contributed by atoms with van der Waals surface area (Å²) < 4.78 is 66.1. The molecule has 1 heterocycles. The molecule has 1 aromatic heterocycles. The zero-order valence-corrected chi connectivity index (χ0v) is 14.5. The Morgan fingerprint density at radius 2 is 1.73 bits per heavy atom. The van der Waals surface area contributed by atoms with Gasteiger partial charge in [-0.05, 0) is 37.0 Å². The summed E-state index contributed by atoms with van der Waals surface area (Å²) in [6.07, 6.45) is 2.49. The summed E-state index contributed by atoms with van der Waals surface area (Å²) in [5, 5.41) is 0. The second-order valence-corrected chi connectivity index (χ2v) is 8.42. The van der Waals surface area contributed by atoms with Crippen LogP contribution in [-0.2, 0) is 14.6 Å². The predicted octanol–water partition coefficient (Wildman–Crippen LogP) is 3.70. The molecule has 0 bridgehead atoms. The zero-order valence-electron chi connectivity index (χ0n) is 13.7. The molecule has 1 aliphatic rings. The Balaban J connectivity index is 1.85. The smallest absolute Gasteiger partial charge is 0.178 e. The van der Waals surface area contributed by atoms with Crippen LogP contribution in [0, 0.1) is 23.4 Å². The van der Waals surface area contributed by atoms with Crippen molar-refractivity contribution in [1.82, 2.24) is 4.98 Å². The Morgan fingerprint density at radius 1 is 1.04 bits per heavy atom. The third-order valence-electron chi connectivity index (χ3n) is 4.48. The quantitative estimate of drug-likeness (QED) is 0.808. The lowest BCUT2D eigenvalue weighted by atomic mass is 9.90. The monoisotopic (exact) mass is 383 g/mol. The minimum absolute atomic E-state index is 0.128. The van der Waals surface area contributed by atoms with Gasteiger partial charge in [-0.15, -0.1) is 0 Å². The van der Waals surface area contributed by atoms with Crippen LogP contribution in [-0.4, -0.2) is 24.9 Å². The van der Waals surface area contributed by atoms with Crippen LogP contribution in [0.5, 0.6) is 0 Å². The number of aromatic nitrogens is 1. The number of benzene rings is 1. The molecular weight excluding hydrogens is 367 g/mol. The second kappa shape index (κ2) is 7.19. The summed E-state index contributed by atoms with van der Waals surface area (Å²) >= 11 is 0. The highest BCUT2D eigenvalue weighted by molar-refractivity contribution is 7.91. The maximum atomic E-state index is 14.4. The van der Waals surface area contributed by atoms with Crippen molar-refractivity contribution in [2.24, 2.45) is 5.92 Å². The molecule has 0 aliphatic heterocycles. The number of carbonyl (C=O) groups excluding carboxylic acids is 1. The Labute approximate surface area is 149 Å². The topological polar surface area (TPSA) is 64.1 Å². The summed E-state index contributed by atoms with van der Waals surface area (Å²) in [4.78, 5) is 14.6. The summed E-state index contributed by atoms with van der Waals surface area (Å²) in [7, 11) is -3.74. The van der Waals surface area contributed by atoms with Gasteiger partial charge < -0.3 is 0 Å². The maximum Gasteiger partial charge on any atom is 0.178 e. The average Bonchev–Trinajstić information content (AvgIpc) is 2.57. The third-order valence-corrected chi connectivity index (χ3v) is 6.36. The molecule has 0 unspecified atom stereocenters. The summed E-state index contributed by atoms with van der Waals surface area (Å²) in [5.41, 5.74) is -0.636. The summed E-state index contributed by atoms with van der Waals surface area (Å²) in [6, 6.07) is 3.71. The minimum Gasteiger partial charge on any atom is -0.300 e. The van der Waals surface area contributed by atoms with Crippen LogP contribution in [0.4, 0.5) is 13.2 Å². The normalized spacial score (nSPS) is 16.0. The number of hydrogen-bond donors (Lipinski definition) is 0. The molecule has 3 rings (SSSR count).